The Morgan fingerprint density at radius 3 is 2.62 bits per heavy atom. The number of hydrogen-bond acceptors (Lipinski definition) is 4. The molecule has 1 saturated heterocycles. The average molecular weight is 353 g/mol. The second kappa shape index (κ2) is 10.3. The number of halogens is 1. The first-order valence-electron chi connectivity index (χ1n) is 8.48. The highest BCUT2D eigenvalue weighted by Crippen LogP contribution is 2.25. The molecule has 2 rings (SSSR count). The Kier molecular flexibility index (Phi) is 8.05. The molecule has 132 valence electrons. The monoisotopic (exact) mass is 352 g/mol. The van der Waals surface area contributed by atoms with Crippen LogP contribution < -0.4 is 5.32 Å². The second-order valence-electron chi connectivity index (χ2n) is 6.02. The molecule has 1 aliphatic rings. The predicted molar refractivity (Wildman–Crippen MR) is 93.6 cm³/mol. The number of piperidine rings is 1. The van der Waals surface area contributed by atoms with Crippen LogP contribution in [0.3, 0.4) is 0 Å². The Bertz CT molecular complexity index is 504. The van der Waals surface area contributed by atoms with Gasteiger partial charge in [-0.15, -0.1) is 11.6 Å². The minimum atomic E-state index is -0.357. The van der Waals surface area contributed by atoms with Gasteiger partial charge in [0.1, 0.15) is 0 Å². The summed E-state index contributed by atoms with van der Waals surface area (Å²) >= 11 is 5.62. The highest BCUT2D eigenvalue weighted by atomic mass is 35.5. The van der Waals surface area contributed by atoms with Crippen LogP contribution in [0.5, 0.6) is 0 Å². The number of amides is 1. The summed E-state index contributed by atoms with van der Waals surface area (Å²) in [7, 11) is 0. The third kappa shape index (κ3) is 5.80. The van der Waals surface area contributed by atoms with Crippen LogP contribution >= 0.6 is 11.6 Å². The summed E-state index contributed by atoms with van der Waals surface area (Å²) < 4.78 is 5.29. The number of rotatable bonds is 9. The molecule has 0 spiro atoms. The zero-order valence-electron chi connectivity index (χ0n) is 13.8. The molecular formula is C18H25ClN2O3. The van der Waals surface area contributed by atoms with Crippen molar-refractivity contribution in [3.63, 3.8) is 0 Å². The number of unbranched alkanes of at least 4 members (excludes halogenated alkanes) is 1. The van der Waals surface area contributed by atoms with Gasteiger partial charge in [-0.1, -0.05) is 30.3 Å². The first-order chi connectivity index (χ1) is 11.7. The number of nitrogens with zero attached hydrogens (tertiary/aromatic N) is 1. The largest absolute Gasteiger partial charge is 0.444 e. The maximum atomic E-state index is 11.9. The molecule has 1 unspecified atom stereocenters. The van der Waals surface area contributed by atoms with Crippen LogP contribution in [0.4, 0.5) is 0 Å². The Balaban J connectivity index is 1.82. The quantitative estimate of drug-likeness (QED) is 0.422. The third-order valence-electron chi connectivity index (χ3n) is 4.28. The van der Waals surface area contributed by atoms with Crippen molar-refractivity contribution in [1.29, 1.82) is 0 Å². The second-order valence-corrected chi connectivity index (χ2v) is 6.40. The van der Waals surface area contributed by atoms with E-state index in [1.54, 1.807) is 0 Å². The van der Waals surface area contributed by atoms with Gasteiger partial charge in [0, 0.05) is 37.0 Å². The Morgan fingerprint density at radius 2 is 2.00 bits per heavy atom. The lowest BCUT2D eigenvalue weighted by atomic mass is 10.0. The van der Waals surface area contributed by atoms with Crippen molar-refractivity contribution in [3.05, 3.63) is 35.9 Å². The zero-order valence-corrected chi connectivity index (χ0v) is 14.6. The van der Waals surface area contributed by atoms with E-state index in [1.165, 1.54) is 0 Å². The molecule has 1 atom stereocenters. The Morgan fingerprint density at radius 1 is 1.29 bits per heavy atom. The van der Waals surface area contributed by atoms with E-state index in [1.807, 2.05) is 30.3 Å². The first kappa shape index (κ1) is 18.7. The highest BCUT2D eigenvalue weighted by Gasteiger charge is 2.27. The van der Waals surface area contributed by atoms with Gasteiger partial charge in [-0.3, -0.25) is 14.5 Å². The standard InChI is InChI=1S/C18H25ClN2O3/c19-11-5-4-8-17(23)20-16-9-12-21(13-10-16)18(24-14-22)15-6-2-1-3-7-15/h1-3,6-7,14,16,18H,4-5,8-13H2,(H,20,23). The third-order valence-corrected chi connectivity index (χ3v) is 4.55. The van der Waals surface area contributed by atoms with E-state index in [4.69, 9.17) is 16.3 Å². The average Bonchev–Trinajstić information content (AvgIpc) is 2.61. The molecule has 1 aliphatic heterocycles. The SMILES string of the molecule is O=COC(c1ccccc1)N1CCC(NC(=O)CCCCCl)CC1. The van der Waals surface area contributed by atoms with Crippen LogP contribution in [-0.4, -0.2) is 42.3 Å². The summed E-state index contributed by atoms with van der Waals surface area (Å²) in [5, 5.41) is 3.09. The summed E-state index contributed by atoms with van der Waals surface area (Å²) in [5.74, 6) is 0.700. The molecule has 0 aromatic heterocycles. The lowest BCUT2D eigenvalue weighted by molar-refractivity contribution is -0.145. The lowest BCUT2D eigenvalue weighted by Gasteiger charge is -2.36. The molecule has 24 heavy (non-hydrogen) atoms. The van der Waals surface area contributed by atoms with Crippen LogP contribution in [0.1, 0.15) is 43.9 Å². The summed E-state index contributed by atoms with van der Waals surface area (Å²) in [5.41, 5.74) is 0.966. The molecule has 1 amide bonds. The molecular weight excluding hydrogens is 328 g/mol. The number of carbonyl (C=O) groups is 2. The molecule has 1 aromatic rings. The summed E-state index contributed by atoms with van der Waals surface area (Å²) in [6.45, 7) is 2.06. The van der Waals surface area contributed by atoms with Crippen molar-refractivity contribution in [2.75, 3.05) is 19.0 Å². The van der Waals surface area contributed by atoms with Gasteiger partial charge in [-0.05, 0) is 25.7 Å². The number of ether oxygens (including phenoxy) is 1. The molecule has 1 N–H and O–H groups in total. The first-order valence-corrected chi connectivity index (χ1v) is 9.01. The fraction of sp³-hybridized carbons (Fsp3) is 0.556. The molecule has 5 nitrogen and oxygen atoms in total. The van der Waals surface area contributed by atoms with Gasteiger partial charge in [-0.2, -0.15) is 0 Å². The van der Waals surface area contributed by atoms with E-state index >= 15 is 0 Å². The van der Waals surface area contributed by atoms with E-state index in [0.29, 0.717) is 18.8 Å². The summed E-state index contributed by atoms with van der Waals surface area (Å²) in [4.78, 5) is 24.9. The molecule has 1 heterocycles. The van der Waals surface area contributed by atoms with Gasteiger partial charge in [0.2, 0.25) is 5.91 Å². The predicted octanol–water partition coefficient (Wildman–Crippen LogP) is 2.85. The van der Waals surface area contributed by atoms with Crippen LogP contribution in [-0.2, 0) is 14.3 Å². The van der Waals surface area contributed by atoms with Gasteiger partial charge in [0.05, 0.1) is 0 Å². The summed E-state index contributed by atoms with van der Waals surface area (Å²) in [6.07, 6.45) is 3.59. The normalized spacial score (nSPS) is 17.2. The van der Waals surface area contributed by atoms with Crippen molar-refractivity contribution in [1.82, 2.24) is 10.2 Å². The minimum Gasteiger partial charge on any atom is -0.444 e. The molecule has 1 aromatic carbocycles. The molecule has 0 radical (unpaired) electrons. The van der Waals surface area contributed by atoms with Crippen molar-refractivity contribution in [2.45, 2.75) is 44.4 Å². The van der Waals surface area contributed by atoms with Gasteiger partial charge in [0.25, 0.3) is 6.47 Å². The number of hydrogen-bond donors (Lipinski definition) is 1. The van der Waals surface area contributed by atoms with Crippen molar-refractivity contribution >= 4 is 24.0 Å². The highest BCUT2D eigenvalue weighted by molar-refractivity contribution is 6.17. The number of carbonyl (C=O) groups excluding carboxylic acids is 2. The Labute approximate surface area is 148 Å². The number of benzene rings is 1. The number of likely N-dealkylation sites (tertiary alicyclic amines) is 1. The van der Waals surface area contributed by atoms with Gasteiger partial charge in [0.15, 0.2) is 6.23 Å². The maximum Gasteiger partial charge on any atom is 0.294 e. The van der Waals surface area contributed by atoms with Crippen molar-refractivity contribution in [3.8, 4) is 0 Å². The van der Waals surface area contributed by atoms with Crippen LogP contribution in [0.25, 0.3) is 0 Å². The topological polar surface area (TPSA) is 58.6 Å². The van der Waals surface area contributed by atoms with Crippen molar-refractivity contribution in [2.24, 2.45) is 0 Å². The van der Waals surface area contributed by atoms with E-state index in [0.717, 1.165) is 44.3 Å². The summed E-state index contributed by atoms with van der Waals surface area (Å²) in [6, 6.07) is 9.91. The smallest absolute Gasteiger partial charge is 0.294 e. The number of alkyl halides is 1. The molecule has 0 saturated carbocycles. The maximum absolute atomic E-state index is 11.9. The fourth-order valence-corrected chi connectivity index (χ4v) is 3.19. The van der Waals surface area contributed by atoms with Crippen LogP contribution in [0.15, 0.2) is 30.3 Å². The van der Waals surface area contributed by atoms with E-state index in [-0.39, 0.29) is 18.2 Å². The molecule has 1 fully saturated rings. The van der Waals surface area contributed by atoms with E-state index in [9.17, 15) is 9.59 Å². The van der Waals surface area contributed by atoms with Crippen LogP contribution in [0, 0.1) is 0 Å². The van der Waals surface area contributed by atoms with Gasteiger partial charge >= 0.3 is 0 Å². The molecule has 0 bridgehead atoms. The molecule has 0 aliphatic carbocycles. The van der Waals surface area contributed by atoms with Gasteiger partial charge in [-0.25, -0.2) is 0 Å². The Hall–Kier alpha value is -1.59. The number of nitrogens with one attached hydrogen (secondary N) is 1. The van der Waals surface area contributed by atoms with E-state index in [2.05, 4.69) is 10.2 Å². The van der Waals surface area contributed by atoms with Gasteiger partial charge < -0.3 is 10.1 Å². The van der Waals surface area contributed by atoms with Crippen molar-refractivity contribution < 1.29 is 14.3 Å². The lowest BCUT2D eigenvalue weighted by Crippen LogP contribution is -2.46. The van der Waals surface area contributed by atoms with Crippen LogP contribution in [0.2, 0.25) is 0 Å². The minimum absolute atomic E-state index is 0.0994. The van der Waals surface area contributed by atoms with E-state index < -0.39 is 0 Å². The zero-order chi connectivity index (χ0) is 17.2. The fourth-order valence-electron chi connectivity index (χ4n) is 3.00. The molecule has 6 heteroatoms.